The molecule has 1 N–H and O–H groups in total. The minimum atomic E-state index is -0.160. The van der Waals surface area contributed by atoms with Crippen LogP contribution in [0.5, 0.6) is 0 Å². The number of hydrogen-bond donors (Lipinski definition) is 1. The molecule has 0 aromatic heterocycles. The van der Waals surface area contributed by atoms with Crippen molar-refractivity contribution in [3.05, 3.63) is 40.3 Å². The first-order valence-electron chi connectivity index (χ1n) is 5.38. The molecule has 0 saturated carbocycles. The Morgan fingerprint density at radius 1 is 1.31 bits per heavy atom. The van der Waals surface area contributed by atoms with Gasteiger partial charge < -0.3 is 5.32 Å². The molecule has 88 valence electrons. The number of nitroso groups, excluding NO2 is 1. The van der Waals surface area contributed by atoms with Crippen LogP contribution in [-0.2, 0) is 0 Å². The Kier molecular flexibility index (Phi) is 7.67. The molecule has 1 aromatic rings. The second-order valence-corrected chi connectivity index (χ2v) is 2.92. The average molecular weight is 222 g/mol. The first-order valence-corrected chi connectivity index (χ1v) is 5.38. The maximum atomic E-state index is 11.5. The van der Waals surface area contributed by atoms with Crippen molar-refractivity contribution in [1.29, 1.82) is 0 Å². The summed E-state index contributed by atoms with van der Waals surface area (Å²) in [6, 6.07) is 7.30. The number of nitrogens with zero attached hydrogens (tertiary/aromatic N) is 1. The Hall–Kier alpha value is -1.71. The van der Waals surface area contributed by atoms with Gasteiger partial charge in [-0.25, -0.2) is 0 Å². The van der Waals surface area contributed by atoms with Gasteiger partial charge in [0.05, 0.1) is 6.54 Å². The minimum absolute atomic E-state index is 0.109. The Labute approximate surface area is 96.0 Å². The van der Waals surface area contributed by atoms with Crippen LogP contribution in [0.15, 0.2) is 29.4 Å². The maximum Gasteiger partial charge on any atom is 0.251 e. The van der Waals surface area contributed by atoms with Gasteiger partial charge >= 0.3 is 0 Å². The molecule has 1 amide bonds. The Morgan fingerprint density at radius 2 is 1.94 bits per heavy atom. The number of carbonyl (C=O) groups excluding carboxylic acids is 1. The number of aryl methyl sites for hydroxylation is 1. The predicted molar refractivity (Wildman–Crippen MR) is 65.5 cm³/mol. The molecule has 0 aliphatic carbocycles. The zero-order valence-electron chi connectivity index (χ0n) is 9.99. The van der Waals surface area contributed by atoms with Gasteiger partial charge in [-0.05, 0) is 18.6 Å². The molecule has 1 aromatic carbocycles. The minimum Gasteiger partial charge on any atom is -0.350 e. The lowest BCUT2D eigenvalue weighted by atomic mass is 10.1. The highest BCUT2D eigenvalue weighted by Gasteiger charge is 2.06. The van der Waals surface area contributed by atoms with Gasteiger partial charge in [-0.1, -0.05) is 37.2 Å². The molecule has 0 heterocycles. The first-order chi connectivity index (χ1) is 7.75. The summed E-state index contributed by atoms with van der Waals surface area (Å²) in [7, 11) is 0. The molecule has 0 bridgehead atoms. The van der Waals surface area contributed by atoms with Crippen molar-refractivity contribution in [1.82, 2.24) is 5.32 Å². The lowest BCUT2D eigenvalue weighted by molar-refractivity contribution is 0.0954. The van der Waals surface area contributed by atoms with Crippen molar-refractivity contribution in [2.24, 2.45) is 5.18 Å². The average Bonchev–Trinajstić information content (AvgIpc) is 2.32. The number of rotatable bonds is 4. The Balaban J connectivity index is 0.00000106. The third kappa shape index (κ3) is 4.68. The van der Waals surface area contributed by atoms with E-state index in [4.69, 9.17) is 0 Å². The van der Waals surface area contributed by atoms with Gasteiger partial charge in [-0.3, -0.25) is 4.79 Å². The fourth-order valence-corrected chi connectivity index (χ4v) is 1.14. The van der Waals surface area contributed by atoms with Gasteiger partial charge in [0.25, 0.3) is 5.91 Å². The van der Waals surface area contributed by atoms with E-state index in [-0.39, 0.29) is 19.0 Å². The highest BCUT2D eigenvalue weighted by Crippen LogP contribution is 2.05. The summed E-state index contributed by atoms with van der Waals surface area (Å²) in [5.74, 6) is -0.160. The van der Waals surface area contributed by atoms with Crippen LogP contribution in [0, 0.1) is 11.8 Å². The number of hydrogen-bond acceptors (Lipinski definition) is 3. The summed E-state index contributed by atoms with van der Waals surface area (Å²) in [6.07, 6.45) is 0. The van der Waals surface area contributed by atoms with E-state index in [9.17, 15) is 9.70 Å². The number of carbonyl (C=O) groups is 1. The molecular formula is C12H18N2O2. The van der Waals surface area contributed by atoms with Gasteiger partial charge in [-0.2, -0.15) is 4.91 Å². The third-order valence-corrected chi connectivity index (χ3v) is 1.88. The molecule has 0 aliphatic heterocycles. The fraction of sp³-hybridized carbons (Fsp3) is 0.417. The van der Waals surface area contributed by atoms with Crippen LogP contribution in [0.1, 0.15) is 29.8 Å². The lowest BCUT2D eigenvalue weighted by Gasteiger charge is -2.04. The number of benzene rings is 1. The van der Waals surface area contributed by atoms with Gasteiger partial charge in [0.2, 0.25) is 0 Å². The molecule has 0 fully saturated rings. The van der Waals surface area contributed by atoms with Crippen LogP contribution in [-0.4, -0.2) is 19.0 Å². The van der Waals surface area contributed by atoms with Gasteiger partial charge in [0.15, 0.2) is 0 Å². The molecule has 0 unspecified atom stereocenters. The van der Waals surface area contributed by atoms with Crippen LogP contribution in [0.25, 0.3) is 0 Å². The largest absolute Gasteiger partial charge is 0.350 e. The van der Waals surface area contributed by atoms with Crippen LogP contribution < -0.4 is 5.32 Å². The molecule has 16 heavy (non-hydrogen) atoms. The van der Waals surface area contributed by atoms with Gasteiger partial charge in [-0.15, -0.1) is 0 Å². The summed E-state index contributed by atoms with van der Waals surface area (Å²) in [6.45, 7) is 6.27. The van der Waals surface area contributed by atoms with Crippen molar-refractivity contribution < 1.29 is 4.79 Å². The van der Waals surface area contributed by atoms with Crippen LogP contribution >= 0.6 is 0 Å². The van der Waals surface area contributed by atoms with Crippen LogP contribution in [0.3, 0.4) is 0 Å². The number of amides is 1. The normalized spacial score (nSPS) is 8.69. The van der Waals surface area contributed by atoms with Gasteiger partial charge in [0, 0.05) is 12.1 Å². The van der Waals surface area contributed by atoms with E-state index in [0.29, 0.717) is 5.56 Å². The summed E-state index contributed by atoms with van der Waals surface area (Å²) < 4.78 is 0. The van der Waals surface area contributed by atoms with E-state index >= 15 is 0 Å². The zero-order valence-corrected chi connectivity index (χ0v) is 9.99. The molecule has 0 spiro atoms. The fourth-order valence-electron chi connectivity index (χ4n) is 1.14. The second-order valence-electron chi connectivity index (χ2n) is 2.92. The summed E-state index contributed by atoms with van der Waals surface area (Å²) in [5, 5.41) is 5.27. The Bertz CT molecular complexity index is 338. The van der Waals surface area contributed by atoms with E-state index in [1.165, 1.54) is 0 Å². The molecule has 0 atom stereocenters. The highest BCUT2D eigenvalue weighted by molar-refractivity contribution is 5.95. The van der Waals surface area contributed by atoms with Gasteiger partial charge in [0.1, 0.15) is 0 Å². The van der Waals surface area contributed by atoms with E-state index in [1.54, 1.807) is 12.1 Å². The van der Waals surface area contributed by atoms with Crippen LogP contribution in [0.2, 0.25) is 0 Å². The lowest BCUT2D eigenvalue weighted by Crippen LogP contribution is -2.26. The van der Waals surface area contributed by atoms with Crippen molar-refractivity contribution >= 4 is 5.91 Å². The zero-order chi connectivity index (χ0) is 12.4. The Morgan fingerprint density at radius 3 is 2.50 bits per heavy atom. The topological polar surface area (TPSA) is 58.5 Å². The van der Waals surface area contributed by atoms with Crippen molar-refractivity contribution in [3.63, 3.8) is 0 Å². The van der Waals surface area contributed by atoms with E-state index in [1.807, 2.05) is 32.9 Å². The quantitative estimate of drug-likeness (QED) is 0.628. The van der Waals surface area contributed by atoms with E-state index in [2.05, 4.69) is 10.5 Å². The highest BCUT2D eigenvalue weighted by atomic mass is 16.3. The summed E-state index contributed by atoms with van der Waals surface area (Å²) >= 11 is 0. The molecular weight excluding hydrogens is 204 g/mol. The van der Waals surface area contributed by atoms with Crippen molar-refractivity contribution in [2.45, 2.75) is 20.8 Å². The maximum absolute atomic E-state index is 11.5. The monoisotopic (exact) mass is 222 g/mol. The predicted octanol–water partition coefficient (Wildman–Crippen LogP) is 2.52. The van der Waals surface area contributed by atoms with Crippen molar-refractivity contribution in [3.8, 4) is 0 Å². The third-order valence-electron chi connectivity index (χ3n) is 1.88. The summed E-state index contributed by atoms with van der Waals surface area (Å²) in [4.78, 5) is 21.3. The van der Waals surface area contributed by atoms with Crippen molar-refractivity contribution in [2.75, 3.05) is 13.1 Å². The molecule has 4 nitrogen and oxygen atoms in total. The molecule has 0 aliphatic rings. The smallest absolute Gasteiger partial charge is 0.251 e. The SMILES string of the molecule is CC.Cc1ccccc1C(=O)NCCN=O. The van der Waals surface area contributed by atoms with E-state index in [0.717, 1.165) is 5.56 Å². The molecule has 0 saturated heterocycles. The van der Waals surface area contributed by atoms with Crippen LogP contribution in [0.4, 0.5) is 0 Å². The number of nitrogens with one attached hydrogen (secondary N) is 1. The second kappa shape index (κ2) is 8.59. The summed E-state index contributed by atoms with van der Waals surface area (Å²) in [5.41, 5.74) is 1.56. The standard InChI is InChI=1S/C10H12N2O2.C2H6/c1-8-4-2-3-5-9(8)10(13)11-6-7-12-14;1-2/h2-5H,6-7H2,1H3,(H,11,13);1-2H3. The van der Waals surface area contributed by atoms with E-state index < -0.39 is 0 Å². The first kappa shape index (κ1) is 14.3. The molecule has 1 rings (SSSR count). The molecule has 0 radical (unpaired) electrons. The molecule has 4 heteroatoms.